The van der Waals surface area contributed by atoms with E-state index >= 15 is 0 Å². The van der Waals surface area contributed by atoms with Gasteiger partial charge in [-0.15, -0.1) is 0 Å². The molecule has 0 unspecified atom stereocenters. The third-order valence-corrected chi connectivity index (χ3v) is 5.69. The van der Waals surface area contributed by atoms with Crippen LogP contribution in [0.2, 0.25) is 0 Å². The molecule has 0 aliphatic carbocycles. The van der Waals surface area contributed by atoms with E-state index < -0.39 is 10.0 Å². The normalized spacial score (nSPS) is 11.4. The van der Waals surface area contributed by atoms with Crippen LogP contribution in [0.3, 0.4) is 0 Å². The van der Waals surface area contributed by atoms with Crippen molar-refractivity contribution in [3.05, 3.63) is 48.0 Å². The van der Waals surface area contributed by atoms with E-state index in [9.17, 15) is 8.42 Å². The van der Waals surface area contributed by atoms with Crippen LogP contribution >= 0.6 is 0 Å². The zero-order valence-corrected chi connectivity index (χ0v) is 18.6. The second-order valence-corrected chi connectivity index (χ2v) is 8.33. The lowest BCUT2D eigenvalue weighted by Crippen LogP contribution is -2.18. The quantitative estimate of drug-likeness (QED) is 0.287. The van der Waals surface area contributed by atoms with Crippen LogP contribution in [0, 0.1) is 0 Å². The van der Waals surface area contributed by atoms with Crippen LogP contribution in [0.25, 0.3) is 0 Å². The fraction of sp³-hybridized carbons (Fsp3) is 0.409. The van der Waals surface area contributed by atoms with Crippen molar-refractivity contribution in [3.63, 3.8) is 0 Å². The monoisotopic (exact) mass is 434 g/mol. The van der Waals surface area contributed by atoms with Gasteiger partial charge in [-0.05, 0) is 30.7 Å². The first kappa shape index (κ1) is 23.5. The summed E-state index contributed by atoms with van der Waals surface area (Å²) in [7, 11) is -0.925. The van der Waals surface area contributed by atoms with Gasteiger partial charge in [0.05, 0.1) is 31.9 Å². The molecule has 0 aliphatic rings. The Labute approximate surface area is 179 Å². The van der Waals surface area contributed by atoms with Gasteiger partial charge in [-0.2, -0.15) is 13.5 Å². The molecule has 0 heterocycles. The molecule has 0 bridgehead atoms. The van der Waals surface area contributed by atoms with Crippen LogP contribution in [-0.2, 0) is 10.0 Å². The van der Waals surface area contributed by atoms with E-state index in [1.54, 1.807) is 0 Å². The van der Waals surface area contributed by atoms with E-state index in [4.69, 9.17) is 14.2 Å². The molecular weight excluding hydrogens is 404 g/mol. The molecule has 2 aromatic rings. The molecule has 8 heteroatoms. The maximum Gasteiger partial charge on any atom is 0.276 e. The molecule has 164 valence electrons. The predicted octanol–water partition coefficient (Wildman–Crippen LogP) is 4.37. The van der Waals surface area contributed by atoms with Crippen molar-refractivity contribution in [2.24, 2.45) is 5.10 Å². The van der Waals surface area contributed by atoms with Crippen molar-refractivity contribution in [1.29, 1.82) is 0 Å². The van der Waals surface area contributed by atoms with Crippen LogP contribution in [0.1, 0.15) is 44.6 Å². The van der Waals surface area contributed by atoms with E-state index in [0.717, 1.165) is 12.8 Å². The van der Waals surface area contributed by atoms with Crippen LogP contribution in [0.4, 0.5) is 0 Å². The number of hydrazone groups is 1. The van der Waals surface area contributed by atoms with Crippen molar-refractivity contribution in [1.82, 2.24) is 4.83 Å². The minimum atomic E-state index is -3.85. The molecule has 0 saturated heterocycles. The number of benzene rings is 2. The summed E-state index contributed by atoms with van der Waals surface area (Å²) in [4.78, 5) is 2.24. The van der Waals surface area contributed by atoms with Crippen molar-refractivity contribution in [2.75, 3.05) is 20.8 Å². The fourth-order valence-corrected chi connectivity index (χ4v) is 3.61. The average molecular weight is 435 g/mol. The summed E-state index contributed by atoms with van der Waals surface area (Å²) in [6.07, 6.45) is 7.21. The molecule has 1 N–H and O–H groups in total. The van der Waals surface area contributed by atoms with Gasteiger partial charge in [0.25, 0.3) is 10.0 Å². The maximum absolute atomic E-state index is 12.5. The first-order valence-electron chi connectivity index (χ1n) is 10.0. The molecule has 30 heavy (non-hydrogen) atoms. The molecule has 0 radical (unpaired) electrons. The molecule has 0 spiro atoms. The Bertz CT molecular complexity index is 929. The molecule has 0 saturated carbocycles. The van der Waals surface area contributed by atoms with Crippen LogP contribution < -0.4 is 19.0 Å². The van der Waals surface area contributed by atoms with E-state index in [1.165, 1.54) is 57.9 Å². The summed E-state index contributed by atoms with van der Waals surface area (Å²) in [6.45, 7) is 2.80. The number of nitrogens with zero attached hydrogens (tertiary/aromatic N) is 1. The molecule has 0 fully saturated rings. The Kier molecular flexibility index (Phi) is 9.47. The van der Waals surface area contributed by atoms with Crippen molar-refractivity contribution in [3.8, 4) is 17.2 Å². The smallest absolute Gasteiger partial charge is 0.276 e. The zero-order valence-electron chi connectivity index (χ0n) is 17.8. The maximum atomic E-state index is 12.5. The lowest BCUT2D eigenvalue weighted by Gasteiger charge is -2.10. The van der Waals surface area contributed by atoms with Crippen LogP contribution in [0.15, 0.2) is 52.5 Å². The summed E-state index contributed by atoms with van der Waals surface area (Å²) in [5.41, 5.74) is 0.695. The average Bonchev–Trinajstić information content (AvgIpc) is 2.76. The number of para-hydroxylation sites is 1. The molecular formula is C22H30N2O5S. The third-order valence-electron chi connectivity index (χ3n) is 4.47. The van der Waals surface area contributed by atoms with Gasteiger partial charge in [-0.1, -0.05) is 44.7 Å². The first-order chi connectivity index (χ1) is 14.5. The van der Waals surface area contributed by atoms with Gasteiger partial charge in [0, 0.05) is 11.6 Å². The Morgan fingerprint density at radius 2 is 1.67 bits per heavy atom. The largest absolute Gasteiger partial charge is 0.493 e. The van der Waals surface area contributed by atoms with E-state index in [-0.39, 0.29) is 4.90 Å². The molecule has 0 amide bonds. The zero-order chi connectivity index (χ0) is 21.8. The lowest BCUT2D eigenvalue weighted by atomic mass is 10.2. The summed E-state index contributed by atoms with van der Waals surface area (Å²) < 4.78 is 41.2. The number of unbranched alkanes of at least 4 members (excludes halogenated alkanes) is 4. The highest BCUT2D eigenvalue weighted by Crippen LogP contribution is 2.29. The number of rotatable bonds is 13. The highest BCUT2D eigenvalue weighted by Gasteiger charge is 2.16. The van der Waals surface area contributed by atoms with E-state index in [0.29, 0.717) is 29.4 Å². The second kappa shape index (κ2) is 12.1. The summed E-state index contributed by atoms with van der Waals surface area (Å²) >= 11 is 0. The number of ether oxygens (including phenoxy) is 3. The third kappa shape index (κ3) is 6.95. The minimum absolute atomic E-state index is 0.0221. The molecule has 7 nitrogen and oxygen atoms in total. The van der Waals surface area contributed by atoms with Crippen molar-refractivity contribution in [2.45, 2.75) is 43.9 Å². The van der Waals surface area contributed by atoms with E-state index in [1.807, 2.05) is 24.3 Å². The molecule has 2 aromatic carbocycles. The SMILES string of the molecule is CCCCCCCOc1ccccc1/C=N/NS(=O)(=O)c1ccc(OC)c(OC)c1. The van der Waals surface area contributed by atoms with Gasteiger partial charge < -0.3 is 14.2 Å². The number of hydrogen-bond donors (Lipinski definition) is 1. The molecule has 0 aliphatic heterocycles. The number of methoxy groups -OCH3 is 2. The van der Waals surface area contributed by atoms with Gasteiger partial charge in [0.2, 0.25) is 0 Å². The lowest BCUT2D eigenvalue weighted by molar-refractivity contribution is 0.304. The Morgan fingerprint density at radius 1 is 0.933 bits per heavy atom. The summed E-state index contributed by atoms with van der Waals surface area (Å²) in [5, 5.41) is 3.90. The summed E-state index contributed by atoms with van der Waals surface area (Å²) in [6, 6.07) is 11.7. The Hall–Kier alpha value is -2.74. The molecule has 0 atom stereocenters. The van der Waals surface area contributed by atoms with Gasteiger partial charge in [0.15, 0.2) is 11.5 Å². The highest BCUT2D eigenvalue weighted by molar-refractivity contribution is 7.89. The first-order valence-corrected chi connectivity index (χ1v) is 11.5. The highest BCUT2D eigenvalue weighted by atomic mass is 32.2. The number of hydrogen-bond acceptors (Lipinski definition) is 6. The fourth-order valence-electron chi connectivity index (χ4n) is 2.81. The topological polar surface area (TPSA) is 86.2 Å². The van der Waals surface area contributed by atoms with Crippen LogP contribution in [-0.4, -0.2) is 35.5 Å². The number of nitrogens with one attached hydrogen (secondary N) is 1. The second-order valence-electron chi connectivity index (χ2n) is 6.67. The molecule has 2 rings (SSSR count). The molecule has 0 aromatic heterocycles. The van der Waals surface area contributed by atoms with Gasteiger partial charge in [-0.25, -0.2) is 4.83 Å². The number of sulfonamides is 1. The Balaban J connectivity index is 2.01. The van der Waals surface area contributed by atoms with E-state index in [2.05, 4.69) is 16.9 Å². The van der Waals surface area contributed by atoms with Gasteiger partial charge in [0.1, 0.15) is 5.75 Å². The van der Waals surface area contributed by atoms with Gasteiger partial charge >= 0.3 is 0 Å². The van der Waals surface area contributed by atoms with Crippen LogP contribution in [0.5, 0.6) is 17.2 Å². The van der Waals surface area contributed by atoms with Crippen molar-refractivity contribution < 1.29 is 22.6 Å². The van der Waals surface area contributed by atoms with Crippen molar-refractivity contribution >= 4 is 16.2 Å². The Morgan fingerprint density at radius 3 is 2.40 bits per heavy atom. The predicted molar refractivity (Wildman–Crippen MR) is 118 cm³/mol. The summed E-state index contributed by atoms with van der Waals surface area (Å²) in [5.74, 6) is 1.44. The van der Waals surface area contributed by atoms with Gasteiger partial charge in [-0.3, -0.25) is 0 Å². The standard InChI is InChI=1S/C22H30N2O5S/c1-4-5-6-7-10-15-29-20-12-9-8-11-18(20)17-23-24-30(25,26)19-13-14-21(27-2)22(16-19)28-3/h8-9,11-14,16-17,24H,4-7,10,15H2,1-3H3/b23-17+. The minimum Gasteiger partial charge on any atom is -0.493 e.